The normalized spacial score (nSPS) is 12.2. The number of rotatable bonds is 5. The van der Waals surface area contributed by atoms with E-state index in [9.17, 15) is 14.4 Å². The van der Waals surface area contributed by atoms with Crippen LogP contribution < -0.4 is 11.2 Å². The van der Waals surface area contributed by atoms with Gasteiger partial charge < -0.3 is 4.74 Å². The summed E-state index contributed by atoms with van der Waals surface area (Å²) in [6.45, 7) is 5.56. The number of carbonyl (C=O) groups is 1. The number of hydrogen-bond acceptors (Lipinski definition) is 4. The standard InChI is InChI=1S/C12H18N2O4/c1-4-8-7-14(12(17)13-10(8)15)9(5-2)11(16)18-6-3/h7,9H,4-6H2,1-3H3,(H,13,15,17). The minimum Gasteiger partial charge on any atom is -0.464 e. The summed E-state index contributed by atoms with van der Waals surface area (Å²) in [5, 5.41) is 0. The molecule has 0 spiro atoms. The molecule has 6 heteroatoms. The quantitative estimate of drug-likeness (QED) is 0.781. The molecule has 0 aliphatic carbocycles. The Morgan fingerprint density at radius 2 is 2.06 bits per heavy atom. The van der Waals surface area contributed by atoms with Crippen LogP contribution in [0.15, 0.2) is 15.8 Å². The molecule has 0 radical (unpaired) electrons. The number of esters is 1. The minimum absolute atomic E-state index is 0.258. The van der Waals surface area contributed by atoms with E-state index >= 15 is 0 Å². The zero-order valence-corrected chi connectivity index (χ0v) is 10.9. The average molecular weight is 254 g/mol. The first-order valence-electron chi connectivity index (χ1n) is 6.06. The van der Waals surface area contributed by atoms with Crippen LogP contribution in [0.25, 0.3) is 0 Å². The molecule has 0 aliphatic rings. The number of nitrogens with one attached hydrogen (secondary N) is 1. The molecule has 0 fully saturated rings. The maximum absolute atomic E-state index is 11.7. The van der Waals surface area contributed by atoms with E-state index in [1.807, 2.05) is 6.92 Å². The summed E-state index contributed by atoms with van der Waals surface area (Å²) in [7, 11) is 0. The predicted molar refractivity (Wildman–Crippen MR) is 66.7 cm³/mol. The molecule has 0 bridgehead atoms. The second-order valence-electron chi connectivity index (χ2n) is 3.85. The fraction of sp³-hybridized carbons (Fsp3) is 0.583. The molecule has 1 N–H and O–H groups in total. The Morgan fingerprint density at radius 1 is 1.39 bits per heavy atom. The fourth-order valence-electron chi connectivity index (χ4n) is 1.73. The van der Waals surface area contributed by atoms with Crippen molar-refractivity contribution in [3.63, 3.8) is 0 Å². The lowest BCUT2D eigenvalue weighted by atomic mass is 10.2. The topological polar surface area (TPSA) is 81.2 Å². The molecule has 100 valence electrons. The lowest BCUT2D eigenvalue weighted by Crippen LogP contribution is -2.37. The van der Waals surface area contributed by atoms with Gasteiger partial charge in [-0.15, -0.1) is 0 Å². The number of carbonyl (C=O) groups excluding carboxylic acids is 1. The molecule has 0 amide bonds. The van der Waals surface area contributed by atoms with Crippen LogP contribution in [-0.4, -0.2) is 22.1 Å². The highest BCUT2D eigenvalue weighted by molar-refractivity contribution is 5.74. The third-order valence-electron chi connectivity index (χ3n) is 2.70. The van der Waals surface area contributed by atoms with Gasteiger partial charge in [-0.2, -0.15) is 0 Å². The molecule has 1 unspecified atom stereocenters. The summed E-state index contributed by atoms with van der Waals surface area (Å²) < 4.78 is 6.15. The third kappa shape index (κ3) is 2.88. The SMILES string of the molecule is CCOC(=O)C(CC)n1cc(CC)c(=O)[nH]c1=O. The smallest absolute Gasteiger partial charge is 0.329 e. The van der Waals surface area contributed by atoms with E-state index in [1.165, 1.54) is 10.8 Å². The second kappa shape index (κ2) is 6.18. The Bertz CT molecular complexity index is 530. The molecule has 0 saturated heterocycles. The number of H-pyrrole nitrogens is 1. The summed E-state index contributed by atoms with van der Waals surface area (Å²) in [5.41, 5.74) is -0.521. The Balaban J connectivity index is 3.25. The molecule has 1 heterocycles. The predicted octanol–water partition coefficient (Wildman–Crippen LogP) is 0.613. The van der Waals surface area contributed by atoms with Crippen molar-refractivity contribution in [2.45, 2.75) is 39.7 Å². The van der Waals surface area contributed by atoms with Gasteiger partial charge in [0.1, 0.15) is 6.04 Å². The number of nitrogens with zero attached hydrogens (tertiary/aromatic N) is 1. The van der Waals surface area contributed by atoms with Gasteiger partial charge in [-0.05, 0) is 19.8 Å². The molecule has 0 saturated carbocycles. The molecule has 0 aliphatic heterocycles. The molecule has 1 atom stereocenters. The Labute approximate surface area is 105 Å². The van der Waals surface area contributed by atoms with Gasteiger partial charge in [0.2, 0.25) is 0 Å². The molecule has 1 aromatic heterocycles. The van der Waals surface area contributed by atoms with Gasteiger partial charge in [0.15, 0.2) is 0 Å². The van der Waals surface area contributed by atoms with Crippen molar-refractivity contribution in [2.24, 2.45) is 0 Å². The number of aryl methyl sites for hydroxylation is 1. The lowest BCUT2D eigenvalue weighted by molar-refractivity contribution is -0.147. The average Bonchev–Trinajstić information content (AvgIpc) is 2.33. The van der Waals surface area contributed by atoms with E-state index in [0.29, 0.717) is 18.4 Å². The fourth-order valence-corrected chi connectivity index (χ4v) is 1.73. The van der Waals surface area contributed by atoms with Crippen LogP contribution in [0.5, 0.6) is 0 Å². The molecule has 1 rings (SSSR count). The summed E-state index contributed by atoms with van der Waals surface area (Å²) in [4.78, 5) is 37.1. The molecular weight excluding hydrogens is 236 g/mol. The van der Waals surface area contributed by atoms with Gasteiger partial charge in [0.05, 0.1) is 6.61 Å². The molecular formula is C12H18N2O4. The summed E-state index contributed by atoms with van der Waals surface area (Å²) in [6, 6.07) is -0.695. The Morgan fingerprint density at radius 3 is 2.56 bits per heavy atom. The third-order valence-corrected chi connectivity index (χ3v) is 2.70. The number of ether oxygens (including phenoxy) is 1. The van der Waals surface area contributed by atoms with Crippen LogP contribution in [0.3, 0.4) is 0 Å². The van der Waals surface area contributed by atoms with Crippen molar-refractivity contribution < 1.29 is 9.53 Å². The van der Waals surface area contributed by atoms with Crippen molar-refractivity contribution in [2.75, 3.05) is 6.61 Å². The van der Waals surface area contributed by atoms with Crippen molar-refractivity contribution in [3.05, 3.63) is 32.6 Å². The number of aromatic amines is 1. The maximum Gasteiger partial charge on any atom is 0.329 e. The zero-order chi connectivity index (χ0) is 13.7. The van der Waals surface area contributed by atoms with Crippen LogP contribution in [-0.2, 0) is 16.0 Å². The van der Waals surface area contributed by atoms with Gasteiger partial charge in [0, 0.05) is 11.8 Å². The first kappa shape index (κ1) is 14.2. The van der Waals surface area contributed by atoms with Crippen LogP contribution >= 0.6 is 0 Å². The largest absolute Gasteiger partial charge is 0.464 e. The second-order valence-corrected chi connectivity index (χ2v) is 3.85. The van der Waals surface area contributed by atoms with Crippen molar-refractivity contribution in [1.29, 1.82) is 0 Å². The van der Waals surface area contributed by atoms with Gasteiger partial charge in [0.25, 0.3) is 5.56 Å². The lowest BCUT2D eigenvalue weighted by Gasteiger charge is -2.16. The van der Waals surface area contributed by atoms with E-state index in [0.717, 1.165) is 0 Å². The molecule has 6 nitrogen and oxygen atoms in total. The Hall–Kier alpha value is -1.85. The van der Waals surface area contributed by atoms with E-state index in [4.69, 9.17) is 4.74 Å². The Kier molecular flexibility index (Phi) is 4.88. The van der Waals surface area contributed by atoms with Gasteiger partial charge >= 0.3 is 11.7 Å². The molecule has 0 aromatic carbocycles. The van der Waals surface area contributed by atoms with E-state index < -0.39 is 23.3 Å². The number of aromatic nitrogens is 2. The first-order valence-corrected chi connectivity index (χ1v) is 6.06. The first-order chi connectivity index (χ1) is 8.54. The number of hydrogen-bond donors (Lipinski definition) is 1. The van der Waals surface area contributed by atoms with Gasteiger partial charge in [-0.25, -0.2) is 9.59 Å². The van der Waals surface area contributed by atoms with Crippen LogP contribution in [0, 0.1) is 0 Å². The van der Waals surface area contributed by atoms with Crippen molar-refractivity contribution >= 4 is 5.97 Å². The summed E-state index contributed by atoms with van der Waals surface area (Å²) in [6.07, 6.45) is 2.36. The van der Waals surface area contributed by atoms with Crippen molar-refractivity contribution in [1.82, 2.24) is 9.55 Å². The van der Waals surface area contributed by atoms with Crippen molar-refractivity contribution in [3.8, 4) is 0 Å². The minimum atomic E-state index is -0.695. The highest BCUT2D eigenvalue weighted by Gasteiger charge is 2.21. The maximum atomic E-state index is 11.7. The molecule has 18 heavy (non-hydrogen) atoms. The highest BCUT2D eigenvalue weighted by atomic mass is 16.5. The van der Waals surface area contributed by atoms with E-state index in [2.05, 4.69) is 4.98 Å². The monoisotopic (exact) mass is 254 g/mol. The zero-order valence-electron chi connectivity index (χ0n) is 10.9. The van der Waals surface area contributed by atoms with E-state index in [-0.39, 0.29) is 6.61 Å². The van der Waals surface area contributed by atoms with E-state index in [1.54, 1.807) is 13.8 Å². The highest BCUT2D eigenvalue weighted by Crippen LogP contribution is 2.10. The molecule has 1 aromatic rings. The van der Waals surface area contributed by atoms with Crippen LogP contribution in [0.4, 0.5) is 0 Å². The summed E-state index contributed by atoms with van der Waals surface area (Å²) >= 11 is 0. The van der Waals surface area contributed by atoms with Crippen LogP contribution in [0.2, 0.25) is 0 Å². The van der Waals surface area contributed by atoms with Gasteiger partial charge in [-0.1, -0.05) is 13.8 Å². The summed E-state index contributed by atoms with van der Waals surface area (Å²) in [5.74, 6) is -0.462. The van der Waals surface area contributed by atoms with Gasteiger partial charge in [-0.3, -0.25) is 14.3 Å². The van der Waals surface area contributed by atoms with Crippen LogP contribution in [0.1, 0.15) is 38.8 Å².